The Morgan fingerprint density at radius 2 is 1.86 bits per heavy atom. The van der Waals surface area contributed by atoms with Gasteiger partial charge in [-0.25, -0.2) is 0 Å². The summed E-state index contributed by atoms with van der Waals surface area (Å²) in [5, 5.41) is 8.96. The minimum absolute atomic E-state index is 0.211. The molecule has 2 fully saturated rings. The lowest BCUT2D eigenvalue weighted by molar-refractivity contribution is -0.134. The van der Waals surface area contributed by atoms with Crippen LogP contribution >= 0.6 is 0 Å². The molecule has 2 aliphatic rings. The van der Waals surface area contributed by atoms with Gasteiger partial charge < -0.3 is 10.0 Å². The molecule has 1 aliphatic carbocycles. The first kappa shape index (κ1) is 16.8. The molecule has 0 aromatic heterocycles. The van der Waals surface area contributed by atoms with E-state index in [0.29, 0.717) is 17.2 Å². The Hall–Kier alpha value is -0.610. The Morgan fingerprint density at radius 1 is 1.19 bits per heavy atom. The first-order chi connectivity index (χ1) is 9.89. The fraction of sp³-hybridized carbons (Fsp3) is 0.941. The molecule has 1 aliphatic heterocycles. The first-order valence-electron chi connectivity index (χ1n) is 8.50. The largest absolute Gasteiger partial charge is 0.395 e. The van der Waals surface area contributed by atoms with Crippen LogP contribution in [0.25, 0.3) is 0 Å². The van der Waals surface area contributed by atoms with Crippen LogP contribution in [0.3, 0.4) is 0 Å². The van der Waals surface area contributed by atoms with Gasteiger partial charge in [-0.2, -0.15) is 0 Å². The molecule has 0 bridgehead atoms. The number of β-amino-alcohol motifs (C(OH)–C–C–N with tert-alkyl or cyclic N) is 1. The molecule has 1 saturated heterocycles. The topological polar surface area (TPSA) is 43.8 Å². The molecule has 1 saturated carbocycles. The minimum Gasteiger partial charge on any atom is -0.395 e. The van der Waals surface area contributed by atoms with Crippen LogP contribution < -0.4 is 0 Å². The number of piperazine rings is 1. The monoisotopic (exact) mass is 296 g/mol. The molecular formula is C17H32N2O2. The fourth-order valence-electron chi connectivity index (χ4n) is 4.44. The third-order valence-corrected chi connectivity index (χ3v) is 5.08. The van der Waals surface area contributed by atoms with Crippen molar-refractivity contribution < 1.29 is 9.90 Å². The van der Waals surface area contributed by atoms with E-state index in [-0.39, 0.29) is 6.61 Å². The molecule has 1 amide bonds. The van der Waals surface area contributed by atoms with Crippen LogP contribution in [0.1, 0.15) is 46.5 Å². The number of aliphatic hydroxyl groups excluding tert-OH is 1. The molecule has 2 unspecified atom stereocenters. The second-order valence-corrected chi connectivity index (χ2v) is 7.93. The van der Waals surface area contributed by atoms with E-state index in [9.17, 15) is 4.79 Å². The summed E-state index contributed by atoms with van der Waals surface area (Å²) >= 11 is 0. The van der Waals surface area contributed by atoms with Crippen molar-refractivity contribution in [3.63, 3.8) is 0 Å². The maximum Gasteiger partial charge on any atom is 0.222 e. The number of carbonyl (C=O) groups is 1. The standard InChI is InChI=1S/C17H32N2O2/c1-14-10-15(13-17(2,3)12-14)11-16(21)19-6-4-18(5-7-19)8-9-20/h14-15,20H,4-13H2,1-3H3. The van der Waals surface area contributed by atoms with E-state index in [4.69, 9.17) is 5.11 Å². The van der Waals surface area contributed by atoms with Gasteiger partial charge in [0.15, 0.2) is 0 Å². The Labute approximate surface area is 129 Å². The molecule has 0 aromatic carbocycles. The second-order valence-electron chi connectivity index (χ2n) is 7.93. The lowest BCUT2D eigenvalue weighted by Crippen LogP contribution is -2.49. The smallest absolute Gasteiger partial charge is 0.222 e. The molecule has 4 nitrogen and oxygen atoms in total. The zero-order chi connectivity index (χ0) is 15.5. The van der Waals surface area contributed by atoms with Crippen molar-refractivity contribution in [2.24, 2.45) is 17.3 Å². The average Bonchev–Trinajstić information content (AvgIpc) is 2.37. The van der Waals surface area contributed by atoms with Crippen molar-refractivity contribution in [3.8, 4) is 0 Å². The number of hydrogen-bond acceptors (Lipinski definition) is 3. The van der Waals surface area contributed by atoms with Gasteiger partial charge >= 0.3 is 0 Å². The zero-order valence-corrected chi connectivity index (χ0v) is 14.0. The fourth-order valence-corrected chi connectivity index (χ4v) is 4.44. The number of amides is 1. The molecule has 4 heteroatoms. The van der Waals surface area contributed by atoms with Crippen LogP contribution in [0.15, 0.2) is 0 Å². The van der Waals surface area contributed by atoms with Crippen LogP contribution in [0.2, 0.25) is 0 Å². The summed E-state index contributed by atoms with van der Waals surface area (Å²) in [7, 11) is 0. The Morgan fingerprint density at radius 3 is 2.43 bits per heavy atom. The summed E-state index contributed by atoms with van der Waals surface area (Å²) in [6.45, 7) is 11.4. The summed E-state index contributed by atoms with van der Waals surface area (Å²) in [6.07, 6.45) is 4.42. The molecule has 2 atom stereocenters. The second kappa shape index (κ2) is 7.10. The summed E-state index contributed by atoms with van der Waals surface area (Å²) in [6, 6.07) is 0. The summed E-state index contributed by atoms with van der Waals surface area (Å²) in [5.74, 6) is 1.65. The van der Waals surface area contributed by atoms with Crippen molar-refractivity contribution in [1.82, 2.24) is 9.80 Å². The van der Waals surface area contributed by atoms with Crippen LogP contribution in [-0.2, 0) is 4.79 Å². The molecule has 0 radical (unpaired) electrons. The van der Waals surface area contributed by atoms with E-state index in [2.05, 4.69) is 25.7 Å². The Kier molecular flexibility index (Phi) is 5.67. The lowest BCUT2D eigenvalue weighted by atomic mass is 9.67. The summed E-state index contributed by atoms with van der Waals surface area (Å²) < 4.78 is 0. The predicted molar refractivity (Wildman–Crippen MR) is 85.0 cm³/mol. The summed E-state index contributed by atoms with van der Waals surface area (Å²) in [4.78, 5) is 16.8. The first-order valence-corrected chi connectivity index (χ1v) is 8.50. The maximum atomic E-state index is 12.5. The van der Waals surface area contributed by atoms with Gasteiger partial charge in [-0.1, -0.05) is 20.8 Å². The van der Waals surface area contributed by atoms with E-state index >= 15 is 0 Å². The third kappa shape index (κ3) is 4.96. The number of nitrogens with zero attached hydrogens (tertiary/aromatic N) is 2. The molecule has 122 valence electrons. The summed E-state index contributed by atoms with van der Waals surface area (Å²) in [5.41, 5.74) is 0.391. The van der Waals surface area contributed by atoms with Gasteiger partial charge in [-0.15, -0.1) is 0 Å². The molecule has 0 spiro atoms. The van der Waals surface area contributed by atoms with Gasteiger partial charge in [-0.05, 0) is 36.5 Å². The highest BCUT2D eigenvalue weighted by molar-refractivity contribution is 5.76. The van der Waals surface area contributed by atoms with Crippen molar-refractivity contribution in [2.75, 3.05) is 39.3 Å². The average molecular weight is 296 g/mol. The van der Waals surface area contributed by atoms with Gasteiger partial charge in [0, 0.05) is 39.1 Å². The van der Waals surface area contributed by atoms with E-state index in [0.717, 1.165) is 45.1 Å². The Bertz CT molecular complexity index is 349. The molecule has 1 N–H and O–H groups in total. The zero-order valence-electron chi connectivity index (χ0n) is 14.0. The predicted octanol–water partition coefficient (Wildman–Crippen LogP) is 1.98. The number of hydrogen-bond donors (Lipinski definition) is 1. The maximum absolute atomic E-state index is 12.5. The van der Waals surface area contributed by atoms with Gasteiger partial charge in [0.2, 0.25) is 5.91 Å². The van der Waals surface area contributed by atoms with Crippen molar-refractivity contribution in [2.45, 2.75) is 46.5 Å². The van der Waals surface area contributed by atoms with Crippen LogP contribution in [0, 0.1) is 17.3 Å². The molecular weight excluding hydrogens is 264 g/mol. The van der Waals surface area contributed by atoms with Gasteiger partial charge in [0.05, 0.1) is 6.61 Å². The third-order valence-electron chi connectivity index (χ3n) is 5.08. The number of carbonyl (C=O) groups excluding carboxylic acids is 1. The van der Waals surface area contributed by atoms with Crippen molar-refractivity contribution >= 4 is 5.91 Å². The van der Waals surface area contributed by atoms with E-state index in [1.807, 2.05) is 4.90 Å². The SMILES string of the molecule is CC1CC(CC(=O)N2CCN(CCO)CC2)CC(C)(C)C1. The highest BCUT2D eigenvalue weighted by Gasteiger charge is 2.34. The van der Waals surface area contributed by atoms with Gasteiger partial charge in [-0.3, -0.25) is 9.69 Å². The van der Waals surface area contributed by atoms with E-state index in [1.165, 1.54) is 19.3 Å². The van der Waals surface area contributed by atoms with Crippen LogP contribution in [-0.4, -0.2) is 60.1 Å². The molecule has 21 heavy (non-hydrogen) atoms. The molecule has 1 heterocycles. The van der Waals surface area contributed by atoms with Crippen molar-refractivity contribution in [3.05, 3.63) is 0 Å². The van der Waals surface area contributed by atoms with Gasteiger partial charge in [0.25, 0.3) is 0 Å². The van der Waals surface area contributed by atoms with Gasteiger partial charge in [0.1, 0.15) is 0 Å². The van der Waals surface area contributed by atoms with Crippen LogP contribution in [0.5, 0.6) is 0 Å². The number of aliphatic hydroxyl groups is 1. The van der Waals surface area contributed by atoms with E-state index in [1.54, 1.807) is 0 Å². The normalized spacial score (nSPS) is 30.4. The lowest BCUT2D eigenvalue weighted by Gasteiger charge is -2.40. The van der Waals surface area contributed by atoms with Crippen molar-refractivity contribution in [1.29, 1.82) is 0 Å². The Balaban J connectivity index is 1.79. The highest BCUT2D eigenvalue weighted by Crippen LogP contribution is 2.42. The quantitative estimate of drug-likeness (QED) is 0.862. The van der Waals surface area contributed by atoms with E-state index < -0.39 is 0 Å². The highest BCUT2D eigenvalue weighted by atomic mass is 16.3. The molecule has 0 aromatic rings. The van der Waals surface area contributed by atoms with Crippen LogP contribution in [0.4, 0.5) is 0 Å². The molecule has 2 rings (SSSR count). The minimum atomic E-state index is 0.211. The number of rotatable bonds is 4.